The van der Waals surface area contributed by atoms with Crippen LogP contribution in [0.3, 0.4) is 0 Å². The number of nitrogens with one attached hydrogen (secondary N) is 1. The van der Waals surface area contributed by atoms with E-state index >= 15 is 0 Å². The van der Waals surface area contributed by atoms with Gasteiger partial charge in [-0.15, -0.1) is 0 Å². The van der Waals surface area contributed by atoms with Crippen molar-refractivity contribution in [3.8, 4) is 17.1 Å². The predicted octanol–water partition coefficient (Wildman–Crippen LogP) is 4.52. The zero-order valence-electron chi connectivity index (χ0n) is 16.5. The first-order chi connectivity index (χ1) is 14.7. The van der Waals surface area contributed by atoms with E-state index in [1.165, 1.54) is 0 Å². The van der Waals surface area contributed by atoms with E-state index in [2.05, 4.69) is 15.5 Å². The summed E-state index contributed by atoms with van der Waals surface area (Å²) in [5.74, 6) is 1.82. The summed E-state index contributed by atoms with van der Waals surface area (Å²) in [4.78, 5) is 16.7. The highest BCUT2D eigenvalue weighted by molar-refractivity contribution is 5.92. The van der Waals surface area contributed by atoms with Crippen molar-refractivity contribution in [2.24, 2.45) is 0 Å². The molecule has 0 saturated heterocycles. The average Bonchev–Trinajstić information content (AvgIpc) is 3.25. The molecule has 1 aromatic heterocycles. The molecule has 0 atom stereocenters. The van der Waals surface area contributed by atoms with Gasteiger partial charge in [0, 0.05) is 11.3 Å². The third kappa shape index (κ3) is 4.91. The fraction of sp³-hybridized carbons (Fsp3) is 0.125. The van der Waals surface area contributed by atoms with Crippen LogP contribution in [0, 0.1) is 0 Å². The molecule has 0 aliphatic rings. The molecule has 150 valence electrons. The van der Waals surface area contributed by atoms with Crippen LogP contribution in [0.4, 0.5) is 5.69 Å². The summed E-state index contributed by atoms with van der Waals surface area (Å²) in [7, 11) is 1.62. The maximum Gasteiger partial charge on any atom is 0.231 e. The number of anilines is 1. The first-order valence-electron chi connectivity index (χ1n) is 9.59. The molecule has 6 nitrogen and oxygen atoms in total. The van der Waals surface area contributed by atoms with Crippen LogP contribution in [0.1, 0.15) is 17.0 Å². The number of carbonyl (C=O) groups is 1. The Balaban J connectivity index is 1.33. The summed E-state index contributed by atoms with van der Waals surface area (Å²) in [5, 5.41) is 6.95. The fourth-order valence-electron chi connectivity index (χ4n) is 3.05. The van der Waals surface area contributed by atoms with E-state index in [9.17, 15) is 4.79 Å². The monoisotopic (exact) mass is 399 g/mol. The van der Waals surface area contributed by atoms with E-state index in [4.69, 9.17) is 9.26 Å². The Bertz CT molecular complexity index is 1100. The SMILES string of the molecule is COc1ccc(CC(=O)Nc2ccc(Cc3nc(-c4ccccc4)no3)cc2)cc1. The van der Waals surface area contributed by atoms with Gasteiger partial charge in [-0.3, -0.25) is 4.79 Å². The normalized spacial score (nSPS) is 10.6. The molecule has 0 aliphatic carbocycles. The molecule has 0 fully saturated rings. The van der Waals surface area contributed by atoms with Crippen LogP contribution in [0.2, 0.25) is 0 Å². The first kappa shape index (κ1) is 19.4. The number of aromatic nitrogens is 2. The number of hydrogen-bond donors (Lipinski definition) is 1. The topological polar surface area (TPSA) is 77.2 Å². The van der Waals surface area contributed by atoms with Gasteiger partial charge in [0.05, 0.1) is 20.0 Å². The third-order valence-corrected chi connectivity index (χ3v) is 4.62. The van der Waals surface area contributed by atoms with Gasteiger partial charge < -0.3 is 14.6 Å². The molecule has 3 aromatic carbocycles. The van der Waals surface area contributed by atoms with Crippen LogP contribution in [-0.2, 0) is 17.6 Å². The second-order valence-corrected chi connectivity index (χ2v) is 6.82. The van der Waals surface area contributed by atoms with Crippen molar-refractivity contribution in [2.45, 2.75) is 12.8 Å². The van der Waals surface area contributed by atoms with Gasteiger partial charge in [0.25, 0.3) is 0 Å². The molecular weight excluding hydrogens is 378 g/mol. The van der Waals surface area contributed by atoms with Gasteiger partial charge in [0.2, 0.25) is 17.6 Å². The lowest BCUT2D eigenvalue weighted by molar-refractivity contribution is -0.115. The molecule has 0 radical (unpaired) electrons. The highest BCUT2D eigenvalue weighted by atomic mass is 16.5. The molecule has 30 heavy (non-hydrogen) atoms. The Labute approximate surface area is 174 Å². The van der Waals surface area contributed by atoms with Crippen molar-refractivity contribution in [2.75, 3.05) is 12.4 Å². The highest BCUT2D eigenvalue weighted by Gasteiger charge is 2.09. The molecule has 1 N–H and O–H groups in total. The summed E-state index contributed by atoms with van der Waals surface area (Å²) >= 11 is 0. The Morgan fingerprint density at radius 2 is 1.63 bits per heavy atom. The van der Waals surface area contributed by atoms with Crippen LogP contribution >= 0.6 is 0 Å². The number of ether oxygens (including phenoxy) is 1. The quantitative estimate of drug-likeness (QED) is 0.494. The maximum absolute atomic E-state index is 12.3. The smallest absolute Gasteiger partial charge is 0.231 e. The van der Waals surface area contributed by atoms with Gasteiger partial charge in [-0.25, -0.2) is 0 Å². The number of amides is 1. The van der Waals surface area contributed by atoms with Crippen molar-refractivity contribution in [1.82, 2.24) is 10.1 Å². The van der Waals surface area contributed by atoms with Gasteiger partial charge in [-0.1, -0.05) is 59.8 Å². The number of methoxy groups -OCH3 is 1. The van der Waals surface area contributed by atoms with Crippen molar-refractivity contribution in [3.05, 3.63) is 95.9 Å². The van der Waals surface area contributed by atoms with Crippen molar-refractivity contribution >= 4 is 11.6 Å². The third-order valence-electron chi connectivity index (χ3n) is 4.62. The molecule has 0 unspecified atom stereocenters. The molecule has 6 heteroatoms. The maximum atomic E-state index is 12.3. The van der Waals surface area contributed by atoms with E-state index in [1.54, 1.807) is 7.11 Å². The van der Waals surface area contributed by atoms with Gasteiger partial charge in [-0.2, -0.15) is 4.98 Å². The minimum atomic E-state index is -0.0719. The van der Waals surface area contributed by atoms with Gasteiger partial charge in [-0.05, 0) is 35.4 Å². The summed E-state index contributed by atoms with van der Waals surface area (Å²) in [5.41, 5.74) is 3.61. The number of nitrogens with zero attached hydrogens (tertiary/aromatic N) is 2. The first-order valence-corrected chi connectivity index (χ1v) is 9.59. The number of hydrogen-bond acceptors (Lipinski definition) is 5. The second-order valence-electron chi connectivity index (χ2n) is 6.82. The zero-order valence-corrected chi connectivity index (χ0v) is 16.5. The predicted molar refractivity (Wildman–Crippen MR) is 114 cm³/mol. The molecule has 0 aliphatic heterocycles. The second kappa shape index (κ2) is 9.05. The van der Waals surface area contributed by atoms with Crippen LogP contribution in [0.25, 0.3) is 11.4 Å². The number of rotatable bonds is 7. The van der Waals surface area contributed by atoms with Gasteiger partial charge >= 0.3 is 0 Å². The summed E-state index contributed by atoms with van der Waals surface area (Å²) in [6.45, 7) is 0. The Morgan fingerprint density at radius 3 is 2.33 bits per heavy atom. The van der Waals surface area contributed by atoms with Crippen molar-refractivity contribution < 1.29 is 14.1 Å². The molecule has 1 amide bonds. The standard InChI is InChI=1S/C24H21N3O3/c1-29-21-13-9-17(10-14-21)15-22(28)25-20-11-7-18(8-12-20)16-23-26-24(27-30-23)19-5-3-2-4-6-19/h2-14H,15-16H2,1H3,(H,25,28). The average molecular weight is 399 g/mol. The fourth-order valence-corrected chi connectivity index (χ4v) is 3.05. The van der Waals surface area contributed by atoms with E-state index in [1.807, 2.05) is 78.9 Å². The largest absolute Gasteiger partial charge is 0.497 e. The molecule has 0 spiro atoms. The molecular formula is C24H21N3O3. The lowest BCUT2D eigenvalue weighted by atomic mass is 10.1. The van der Waals surface area contributed by atoms with E-state index < -0.39 is 0 Å². The Morgan fingerprint density at radius 1 is 0.933 bits per heavy atom. The van der Waals surface area contributed by atoms with E-state index in [-0.39, 0.29) is 5.91 Å². The Hall–Kier alpha value is -3.93. The molecule has 4 rings (SSSR count). The minimum absolute atomic E-state index is 0.0719. The molecule has 0 bridgehead atoms. The van der Waals surface area contributed by atoms with Crippen molar-refractivity contribution in [3.63, 3.8) is 0 Å². The highest BCUT2D eigenvalue weighted by Crippen LogP contribution is 2.18. The number of carbonyl (C=O) groups excluding carboxylic acids is 1. The molecule has 1 heterocycles. The lowest BCUT2D eigenvalue weighted by Crippen LogP contribution is -2.14. The number of benzene rings is 3. The lowest BCUT2D eigenvalue weighted by Gasteiger charge is -2.07. The summed E-state index contributed by atoms with van der Waals surface area (Å²) < 4.78 is 10.5. The van der Waals surface area contributed by atoms with Crippen LogP contribution in [0.15, 0.2) is 83.4 Å². The van der Waals surface area contributed by atoms with E-state index in [0.29, 0.717) is 24.6 Å². The molecule has 0 saturated carbocycles. The zero-order chi connectivity index (χ0) is 20.8. The minimum Gasteiger partial charge on any atom is -0.497 e. The van der Waals surface area contributed by atoms with Crippen molar-refractivity contribution in [1.29, 1.82) is 0 Å². The molecule has 4 aromatic rings. The van der Waals surface area contributed by atoms with Gasteiger partial charge in [0.1, 0.15) is 5.75 Å². The van der Waals surface area contributed by atoms with Crippen LogP contribution < -0.4 is 10.1 Å². The summed E-state index contributed by atoms with van der Waals surface area (Å²) in [6.07, 6.45) is 0.829. The van der Waals surface area contributed by atoms with Crippen LogP contribution in [-0.4, -0.2) is 23.2 Å². The van der Waals surface area contributed by atoms with E-state index in [0.717, 1.165) is 28.1 Å². The van der Waals surface area contributed by atoms with Crippen LogP contribution in [0.5, 0.6) is 5.75 Å². The Kier molecular flexibility index (Phi) is 5.85. The summed E-state index contributed by atoms with van der Waals surface area (Å²) in [6, 6.07) is 24.8. The van der Waals surface area contributed by atoms with Gasteiger partial charge in [0.15, 0.2) is 0 Å².